The molecule has 0 aromatic carbocycles. The van der Waals surface area contributed by atoms with Crippen LogP contribution < -0.4 is 5.32 Å². The molecule has 4 heterocycles. The molecule has 1 amide bonds. The first-order valence-corrected chi connectivity index (χ1v) is 11.8. The second kappa shape index (κ2) is 6.98. The number of nitrogens with zero attached hydrogens (tertiary/aromatic N) is 2. The van der Waals surface area contributed by atoms with Crippen molar-refractivity contribution in [2.75, 3.05) is 11.5 Å². The van der Waals surface area contributed by atoms with Crippen molar-refractivity contribution in [3.8, 4) is 10.6 Å². The maximum absolute atomic E-state index is 12.5. The molecule has 1 fully saturated rings. The van der Waals surface area contributed by atoms with Gasteiger partial charge in [0.15, 0.2) is 15.5 Å². The summed E-state index contributed by atoms with van der Waals surface area (Å²) in [6.45, 7) is 0.446. The van der Waals surface area contributed by atoms with E-state index >= 15 is 0 Å². The maximum atomic E-state index is 12.5. The van der Waals surface area contributed by atoms with Crippen molar-refractivity contribution in [1.82, 2.24) is 15.1 Å². The molecule has 1 saturated heterocycles. The van der Waals surface area contributed by atoms with Gasteiger partial charge in [-0.3, -0.25) is 9.48 Å². The SMILES string of the molecule is O=C(NCc1ccsc1)c1cc(-c2cccs2)n(C2CCS(=O)(=O)C2)n1. The van der Waals surface area contributed by atoms with Gasteiger partial charge < -0.3 is 5.32 Å². The molecule has 9 heteroatoms. The topological polar surface area (TPSA) is 81.1 Å². The first-order valence-electron chi connectivity index (χ1n) is 8.15. The molecule has 3 aromatic rings. The van der Waals surface area contributed by atoms with Gasteiger partial charge in [0.2, 0.25) is 0 Å². The van der Waals surface area contributed by atoms with Crippen LogP contribution in [-0.2, 0) is 16.4 Å². The molecular formula is C17H17N3O3S3. The van der Waals surface area contributed by atoms with Crippen molar-refractivity contribution in [3.05, 3.63) is 51.7 Å². The van der Waals surface area contributed by atoms with E-state index in [-0.39, 0.29) is 23.5 Å². The Morgan fingerprint density at radius 2 is 2.23 bits per heavy atom. The van der Waals surface area contributed by atoms with E-state index in [1.807, 2.05) is 34.3 Å². The number of hydrogen-bond acceptors (Lipinski definition) is 6. The quantitative estimate of drug-likeness (QED) is 0.705. The Kier molecular flexibility index (Phi) is 4.68. The van der Waals surface area contributed by atoms with Crippen molar-refractivity contribution in [1.29, 1.82) is 0 Å². The van der Waals surface area contributed by atoms with Crippen LogP contribution in [0.3, 0.4) is 0 Å². The molecule has 136 valence electrons. The lowest BCUT2D eigenvalue weighted by Gasteiger charge is -2.12. The second-order valence-corrected chi connectivity index (χ2v) is 10.2. The molecule has 0 saturated carbocycles. The van der Waals surface area contributed by atoms with Gasteiger partial charge in [0, 0.05) is 6.54 Å². The maximum Gasteiger partial charge on any atom is 0.272 e. The van der Waals surface area contributed by atoms with E-state index < -0.39 is 9.84 Å². The van der Waals surface area contributed by atoms with Crippen LogP contribution in [0, 0.1) is 0 Å². The van der Waals surface area contributed by atoms with Crippen molar-refractivity contribution in [2.45, 2.75) is 19.0 Å². The van der Waals surface area contributed by atoms with Crippen LogP contribution in [0.25, 0.3) is 10.6 Å². The molecule has 6 nitrogen and oxygen atoms in total. The molecule has 0 aliphatic carbocycles. The zero-order valence-corrected chi connectivity index (χ0v) is 16.2. The van der Waals surface area contributed by atoms with Gasteiger partial charge in [-0.2, -0.15) is 16.4 Å². The van der Waals surface area contributed by atoms with Crippen molar-refractivity contribution >= 4 is 38.4 Å². The highest BCUT2D eigenvalue weighted by Crippen LogP contribution is 2.32. The summed E-state index contributed by atoms with van der Waals surface area (Å²) in [5.74, 6) is -0.0157. The number of amides is 1. The normalized spacial score (nSPS) is 18.8. The molecule has 1 aliphatic heterocycles. The minimum atomic E-state index is -3.04. The lowest BCUT2D eigenvalue weighted by molar-refractivity contribution is 0.0945. The molecule has 26 heavy (non-hydrogen) atoms. The Morgan fingerprint density at radius 3 is 2.88 bits per heavy atom. The Morgan fingerprint density at radius 1 is 1.35 bits per heavy atom. The zero-order chi connectivity index (χ0) is 18.1. The number of carbonyl (C=O) groups is 1. The first-order chi connectivity index (χ1) is 12.5. The van der Waals surface area contributed by atoms with Crippen molar-refractivity contribution in [3.63, 3.8) is 0 Å². The molecule has 1 aliphatic rings. The first kappa shape index (κ1) is 17.4. The summed E-state index contributed by atoms with van der Waals surface area (Å²) in [6, 6.07) is 7.37. The highest BCUT2D eigenvalue weighted by atomic mass is 32.2. The number of aromatic nitrogens is 2. The smallest absolute Gasteiger partial charge is 0.272 e. The third-order valence-electron chi connectivity index (χ3n) is 4.33. The Hall–Kier alpha value is -1.97. The summed E-state index contributed by atoms with van der Waals surface area (Å²) >= 11 is 3.13. The van der Waals surface area contributed by atoms with Gasteiger partial charge in [0.1, 0.15) is 0 Å². The molecule has 0 bridgehead atoms. The van der Waals surface area contributed by atoms with Gasteiger partial charge in [-0.25, -0.2) is 8.42 Å². The second-order valence-electron chi connectivity index (χ2n) is 6.21. The Labute approximate surface area is 159 Å². The van der Waals surface area contributed by atoms with Crippen LogP contribution in [0.2, 0.25) is 0 Å². The third kappa shape index (κ3) is 3.60. The predicted molar refractivity (Wildman–Crippen MR) is 103 cm³/mol. The van der Waals surface area contributed by atoms with Gasteiger partial charge in [0.25, 0.3) is 5.91 Å². The zero-order valence-electron chi connectivity index (χ0n) is 13.8. The van der Waals surface area contributed by atoms with Crippen LogP contribution >= 0.6 is 22.7 Å². The van der Waals surface area contributed by atoms with Gasteiger partial charge in [-0.15, -0.1) is 11.3 Å². The summed E-state index contributed by atoms with van der Waals surface area (Å²) in [4.78, 5) is 13.5. The predicted octanol–water partition coefficient (Wildman–Crippen LogP) is 2.96. The molecule has 1 unspecified atom stereocenters. The van der Waals surface area contributed by atoms with Crippen molar-refractivity contribution < 1.29 is 13.2 Å². The highest BCUT2D eigenvalue weighted by Gasteiger charge is 2.32. The number of rotatable bonds is 5. The minimum Gasteiger partial charge on any atom is -0.347 e. The number of nitrogens with one attached hydrogen (secondary N) is 1. The summed E-state index contributed by atoms with van der Waals surface area (Å²) in [6.07, 6.45) is 0.526. The Bertz CT molecular complexity index is 1010. The molecule has 1 N–H and O–H groups in total. The van der Waals surface area contributed by atoms with E-state index in [9.17, 15) is 13.2 Å². The van der Waals surface area contributed by atoms with Crippen LogP contribution in [0.1, 0.15) is 28.5 Å². The fourth-order valence-corrected chi connectivity index (χ4v) is 6.12. The van der Waals surface area contributed by atoms with Gasteiger partial charge in [-0.1, -0.05) is 6.07 Å². The largest absolute Gasteiger partial charge is 0.347 e. The Balaban J connectivity index is 1.62. The number of hydrogen-bond donors (Lipinski definition) is 1. The van der Waals surface area contributed by atoms with E-state index in [0.717, 1.165) is 16.1 Å². The summed E-state index contributed by atoms with van der Waals surface area (Å²) < 4.78 is 25.5. The fraction of sp³-hybridized carbons (Fsp3) is 0.294. The van der Waals surface area contributed by atoms with Crippen LogP contribution in [0.4, 0.5) is 0 Å². The summed E-state index contributed by atoms with van der Waals surface area (Å²) in [5, 5.41) is 13.2. The van der Waals surface area contributed by atoms with Gasteiger partial charge >= 0.3 is 0 Å². The van der Waals surface area contributed by atoms with E-state index in [0.29, 0.717) is 18.7 Å². The summed E-state index contributed by atoms with van der Waals surface area (Å²) in [7, 11) is -3.04. The van der Waals surface area contributed by atoms with Crippen LogP contribution in [0.15, 0.2) is 40.4 Å². The van der Waals surface area contributed by atoms with E-state index in [1.165, 1.54) is 0 Å². The molecule has 0 spiro atoms. The average molecular weight is 408 g/mol. The highest BCUT2D eigenvalue weighted by molar-refractivity contribution is 7.91. The number of carbonyl (C=O) groups excluding carboxylic acids is 1. The fourth-order valence-electron chi connectivity index (χ4n) is 3.03. The van der Waals surface area contributed by atoms with E-state index in [2.05, 4.69) is 10.4 Å². The minimum absolute atomic E-state index is 0.0724. The van der Waals surface area contributed by atoms with Gasteiger partial charge in [0.05, 0.1) is 28.1 Å². The van der Waals surface area contributed by atoms with Crippen LogP contribution in [-0.4, -0.2) is 35.6 Å². The molecular weight excluding hydrogens is 390 g/mol. The molecule has 1 atom stereocenters. The lowest BCUT2D eigenvalue weighted by atomic mass is 10.2. The number of thiophene rings is 2. The van der Waals surface area contributed by atoms with Gasteiger partial charge in [-0.05, 0) is 46.3 Å². The van der Waals surface area contributed by atoms with Crippen molar-refractivity contribution in [2.24, 2.45) is 0 Å². The average Bonchev–Trinajstić information content (AvgIpc) is 3.37. The molecule has 3 aromatic heterocycles. The lowest BCUT2D eigenvalue weighted by Crippen LogP contribution is -2.23. The van der Waals surface area contributed by atoms with E-state index in [1.54, 1.807) is 33.4 Å². The molecule has 4 rings (SSSR count). The monoisotopic (exact) mass is 407 g/mol. The standard InChI is InChI=1S/C17H17N3O3S3/c21-17(18-9-12-3-6-24-10-12)14-8-15(16-2-1-5-25-16)20(19-14)13-4-7-26(22,23)11-13/h1-3,5-6,8,10,13H,4,7,9,11H2,(H,18,21). The van der Waals surface area contributed by atoms with E-state index in [4.69, 9.17) is 0 Å². The van der Waals surface area contributed by atoms with Crippen LogP contribution in [0.5, 0.6) is 0 Å². The molecule has 0 radical (unpaired) electrons. The third-order valence-corrected chi connectivity index (χ3v) is 7.70. The summed E-state index contributed by atoms with van der Waals surface area (Å²) in [5.41, 5.74) is 2.15. The number of sulfone groups is 1.